The van der Waals surface area contributed by atoms with Gasteiger partial charge in [-0.25, -0.2) is 4.79 Å². The van der Waals surface area contributed by atoms with Crippen LogP contribution in [0, 0.1) is 6.92 Å². The van der Waals surface area contributed by atoms with Crippen molar-refractivity contribution in [3.63, 3.8) is 0 Å². The molecule has 1 heterocycles. The third-order valence-electron chi connectivity index (χ3n) is 5.90. The number of fused-ring (bicyclic) bond motifs is 1. The molecule has 4 rings (SSSR count). The Morgan fingerprint density at radius 1 is 0.939 bits per heavy atom. The Labute approximate surface area is 193 Å². The maximum absolute atomic E-state index is 12.9. The molecule has 5 heteroatoms. The number of amides is 1. The molecule has 0 aliphatic heterocycles. The highest BCUT2D eigenvalue weighted by Crippen LogP contribution is 2.33. The molecular formula is C28H28N2O3. The van der Waals surface area contributed by atoms with Gasteiger partial charge in [0.05, 0.1) is 7.11 Å². The summed E-state index contributed by atoms with van der Waals surface area (Å²) in [5.74, 6) is -0.622. The van der Waals surface area contributed by atoms with Crippen molar-refractivity contribution >= 4 is 22.8 Å². The summed E-state index contributed by atoms with van der Waals surface area (Å²) in [5, 5.41) is 4.03. The number of carbonyl (C=O) groups is 2. The van der Waals surface area contributed by atoms with Gasteiger partial charge in [0.1, 0.15) is 6.04 Å². The molecule has 3 aromatic carbocycles. The predicted octanol–water partition coefficient (Wildman–Crippen LogP) is 4.98. The molecule has 0 aliphatic carbocycles. The average molecular weight is 441 g/mol. The second-order valence-electron chi connectivity index (χ2n) is 8.18. The number of nitrogens with one attached hydrogen (secondary N) is 2. The maximum Gasteiger partial charge on any atom is 0.328 e. The van der Waals surface area contributed by atoms with E-state index in [1.807, 2.05) is 54.6 Å². The quantitative estimate of drug-likeness (QED) is 0.380. The minimum absolute atomic E-state index is 0.178. The van der Waals surface area contributed by atoms with E-state index in [0.717, 1.165) is 38.9 Å². The lowest BCUT2D eigenvalue weighted by Gasteiger charge is -2.17. The zero-order chi connectivity index (χ0) is 23.2. The van der Waals surface area contributed by atoms with Crippen LogP contribution in [0.2, 0.25) is 0 Å². The van der Waals surface area contributed by atoms with Gasteiger partial charge in [-0.15, -0.1) is 0 Å². The molecule has 2 N–H and O–H groups in total. The fourth-order valence-electron chi connectivity index (χ4n) is 4.30. The number of aryl methyl sites for hydroxylation is 2. The summed E-state index contributed by atoms with van der Waals surface area (Å²) < 4.78 is 4.93. The molecule has 1 atom stereocenters. The average Bonchev–Trinajstić information content (AvgIpc) is 3.23. The Bertz CT molecular complexity index is 1250. The number of benzene rings is 3. The SMILES string of the molecule is COC(=O)C(Cc1ccccc1)NC(=O)CCc1c(-c2ccccc2)[nH]c2cccc(C)c12. The maximum atomic E-state index is 12.9. The van der Waals surface area contributed by atoms with Gasteiger partial charge < -0.3 is 15.0 Å². The number of rotatable bonds is 8. The lowest BCUT2D eigenvalue weighted by Crippen LogP contribution is -2.43. The monoisotopic (exact) mass is 440 g/mol. The molecule has 1 aromatic heterocycles. The second kappa shape index (κ2) is 10.2. The van der Waals surface area contributed by atoms with Crippen LogP contribution in [0.5, 0.6) is 0 Å². The van der Waals surface area contributed by atoms with Crippen LogP contribution in [0.25, 0.3) is 22.2 Å². The molecule has 5 nitrogen and oxygen atoms in total. The topological polar surface area (TPSA) is 71.2 Å². The van der Waals surface area contributed by atoms with Crippen molar-refractivity contribution in [1.29, 1.82) is 0 Å². The van der Waals surface area contributed by atoms with E-state index in [0.29, 0.717) is 12.8 Å². The van der Waals surface area contributed by atoms with E-state index in [1.165, 1.54) is 7.11 Å². The number of hydrogen-bond acceptors (Lipinski definition) is 3. The first-order valence-electron chi connectivity index (χ1n) is 11.1. The third-order valence-corrected chi connectivity index (χ3v) is 5.90. The zero-order valence-corrected chi connectivity index (χ0v) is 18.9. The van der Waals surface area contributed by atoms with Crippen LogP contribution < -0.4 is 5.32 Å². The number of carbonyl (C=O) groups excluding carboxylic acids is 2. The molecular weight excluding hydrogens is 412 g/mol. The van der Waals surface area contributed by atoms with E-state index in [-0.39, 0.29) is 12.3 Å². The van der Waals surface area contributed by atoms with Gasteiger partial charge in [0.2, 0.25) is 5.91 Å². The van der Waals surface area contributed by atoms with Gasteiger partial charge in [-0.3, -0.25) is 4.79 Å². The molecule has 0 bridgehead atoms. The van der Waals surface area contributed by atoms with Gasteiger partial charge in [-0.1, -0.05) is 72.8 Å². The molecule has 0 fully saturated rings. The summed E-state index contributed by atoms with van der Waals surface area (Å²) in [6.07, 6.45) is 1.21. The van der Waals surface area contributed by atoms with Crippen LogP contribution in [0.15, 0.2) is 78.9 Å². The summed E-state index contributed by atoms with van der Waals surface area (Å²) >= 11 is 0. The molecule has 0 radical (unpaired) electrons. The highest BCUT2D eigenvalue weighted by molar-refractivity contribution is 5.94. The van der Waals surface area contributed by atoms with Gasteiger partial charge in [-0.05, 0) is 41.7 Å². The van der Waals surface area contributed by atoms with E-state index in [9.17, 15) is 9.59 Å². The van der Waals surface area contributed by atoms with Gasteiger partial charge in [0.15, 0.2) is 0 Å². The summed E-state index contributed by atoms with van der Waals surface area (Å²) in [4.78, 5) is 28.7. The zero-order valence-electron chi connectivity index (χ0n) is 18.9. The largest absolute Gasteiger partial charge is 0.467 e. The number of ether oxygens (including phenoxy) is 1. The predicted molar refractivity (Wildman–Crippen MR) is 131 cm³/mol. The highest BCUT2D eigenvalue weighted by atomic mass is 16.5. The van der Waals surface area contributed by atoms with Crippen molar-refractivity contribution in [2.45, 2.75) is 32.2 Å². The van der Waals surface area contributed by atoms with Gasteiger partial charge in [0, 0.05) is 29.4 Å². The van der Waals surface area contributed by atoms with Crippen molar-refractivity contribution in [2.75, 3.05) is 7.11 Å². The summed E-state index contributed by atoms with van der Waals surface area (Å²) in [6.45, 7) is 2.08. The first-order chi connectivity index (χ1) is 16.1. The number of aromatic amines is 1. The van der Waals surface area contributed by atoms with Crippen LogP contribution in [-0.4, -0.2) is 30.0 Å². The van der Waals surface area contributed by atoms with Crippen LogP contribution in [0.1, 0.15) is 23.1 Å². The van der Waals surface area contributed by atoms with E-state index in [4.69, 9.17) is 4.74 Å². The van der Waals surface area contributed by atoms with Crippen LogP contribution in [0.4, 0.5) is 0 Å². The van der Waals surface area contributed by atoms with Crippen molar-refractivity contribution in [2.24, 2.45) is 0 Å². The van der Waals surface area contributed by atoms with E-state index >= 15 is 0 Å². The number of aromatic nitrogens is 1. The summed E-state index contributed by atoms with van der Waals surface area (Å²) in [6, 6.07) is 25.2. The molecule has 0 saturated heterocycles. The molecule has 33 heavy (non-hydrogen) atoms. The van der Waals surface area contributed by atoms with Crippen LogP contribution in [-0.2, 0) is 27.2 Å². The Morgan fingerprint density at radius 2 is 1.64 bits per heavy atom. The van der Waals surface area contributed by atoms with Crippen molar-refractivity contribution in [1.82, 2.24) is 10.3 Å². The molecule has 1 unspecified atom stereocenters. The van der Waals surface area contributed by atoms with Crippen molar-refractivity contribution < 1.29 is 14.3 Å². The van der Waals surface area contributed by atoms with Gasteiger partial charge >= 0.3 is 5.97 Å². The van der Waals surface area contributed by atoms with E-state index < -0.39 is 12.0 Å². The fraction of sp³-hybridized carbons (Fsp3) is 0.214. The van der Waals surface area contributed by atoms with E-state index in [1.54, 1.807) is 0 Å². The van der Waals surface area contributed by atoms with Gasteiger partial charge in [-0.2, -0.15) is 0 Å². The number of methoxy groups -OCH3 is 1. The van der Waals surface area contributed by atoms with Crippen molar-refractivity contribution in [3.05, 3.63) is 95.6 Å². The Balaban J connectivity index is 1.55. The second-order valence-corrected chi connectivity index (χ2v) is 8.18. The molecule has 1 amide bonds. The standard InChI is InChI=1S/C28H28N2O3/c1-19-10-9-15-23-26(19)22(27(30-23)21-13-7-4-8-14-21)16-17-25(31)29-24(28(32)33-2)18-20-11-5-3-6-12-20/h3-15,24,30H,16-18H2,1-2H3,(H,29,31). The smallest absolute Gasteiger partial charge is 0.328 e. The lowest BCUT2D eigenvalue weighted by molar-refractivity contribution is -0.145. The molecule has 0 spiro atoms. The lowest BCUT2D eigenvalue weighted by atomic mass is 9.98. The first-order valence-corrected chi connectivity index (χ1v) is 11.1. The van der Waals surface area contributed by atoms with Crippen LogP contribution >= 0.6 is 0 Å². The first kappa shape index (κ1) is 22.3. The Hall–Kier alpha value is -3.86. The fourth-order valence-corrected chi connectivity index (χ4v) is 4.30. The molecule has 0 aliphatic rings. The number of esters is 1. The summed E-state index contributed by atoms with van der Waals surface area (Å²) in [5.41, 5.74) is 6.41. The number of hydrogen-bond donors (Lipinski definition) is 2. The highest BCUT2D eigenvalue weighted by Gasteiger charge is 2.23. The number of H-pyrrole nitrogens is 1. The summed E-state index contributed by atoms with van der Waals surface area (Å²) in [7, 11) is 1.34. The molecule has 0 saturated carbocycles. The Morgan fingerprint density at radius 3 is 2.33 bits per heavy atom. The molecule has 168 valence electrons. The van der Waals surface area contributed by atoms with Crippen molar-refractivity contribution in [3.8, 4) is 11.3 Å². The third kappa shape index (κ3) is 5.14. The Kier molecular flexibility index (Phi) is 6.89. The van der Waals surface area contributed by atoms with Gasteiger partial charge in [0.25, 0.3) is 0 Å². The molecule has 4 aromatic rings. The normalized spacial score (nSPS) is 11.8. The van der Waals surface area contributed by atoms with Crippen LogP contribution in [0.3, 0.4) is 0 Å². The van der Waals surface area contributed by atoms with E-state index in [2.05, 4.69) is 41.5 Å². The minimum Gasteiger partial charge on any atom is -0.467 e. The minimum atomic E-state index is -0.719.